The molecule has 6 heteroatoms. The Balaban J connectivity index is 2.00. The lowest BCUT2D eigenvalue weighted by molar-refractivity contribution is -0.122. The highest BCUT2D eigenvalue weighted by atomic mass is 16.1. The predicted octanol–water partition coefficient (Wildman–Crippen LogP) is 0.0500. The van der Waals surface area contributed by atoms with Crippen LogP contribution in [0.2, 0.25) is 0 Å². The van der Waals surface area contributed by atoms with Gasteiger partial charge in [0, 0.05) is 19.0 Å². The number of amides is 1. The van der Waals surface area contributed by atoms with E-state index in [9.17, 15) is 4.79 Å². The van der Waals surface area contributed by atoms with Gasteiger partial charge in [-0.2, -0.15) is 5.26 Å². The molecule has 0 saturated carbocycles. The van der Waals surface area contributed by atoms with Crippen molar-refractivity contribution in [3.8, 4) is 6.07 Å². The first-order valence-electron chi connectivity index (χ1n) is 5.47. The topological polar surface area (TPSA) is 95.9 Å². The molecule has 1 aromatic heterocycles. The Kier molecular flexibility index (Phi) is 3.19. The van der Waals surface area contributed by atoms with Crippen LogP contribution in [0, 0.1) is 17.2 Å². The molecule has 0 bridgehead atoms. The Labute approximate surface area is 99.1 Å². The highest BCUT2D eigenvalue weighted by Crippen LogP contribution is 2.20. The van der Waals surface area contributed by atoms with Gasteiger partial charge in [0.2, 0.25) is 5.91 Å². The van der Waals surface area contributed by atoms with Crippen molar-refractivity contribution in [2.75, 3.05) is 18.0 Å². The highest BCUT2D eigenvalue weighted by Gasteiger charge is 2.23. The normalized spacial score (nSPS) is 16.5. The second-order valence-electron chi connectivity index (χ2n) is 4.04. The van der Waals surface area contributed by atoms with E-state index in [1.165, 1.54) is 6.20 Å². The lowest BCUT2D eigenvalue weighted by Crippen LogP contribution is -2.38. The van der Waals surface area contributed by atoms with Gasteiger partial charge in [-0.3, -0.25) is 4.79 Å². The van der Waals surface area contributed by atoms with E-state index in [1.54, 1.807) is 6.20 Å². The minimum absolute atomic E-state index is 0.0300. The van der Waals surface area contributed by atoms with Crippen molar-refractivity contribution in [2.24, 2.45) is 11.7 Å². The number of carbonyl (C=O) groups excluding carboxylic acids is 1. The number of piperidine rings is 1. The fourth-order valence-corrected chi connectivity index (χ4v) is 1.94. The first-order valence-corrected chi connectivity index (χ1v) is 5.47. The van der Waals surface area contributed by atoms with Crippen molar-refractivity contribution in [3.63, 3.8) is 0 Å². The molecule has 0 radical (unpaired) electrons. The van der Waals surface area contributed by atoms with Crippen LogP contribution in [0.4, 0.5) is 5.82 Å². The smallest absolute Gasteiger partial charge is 0.220 e. The van der Waals surface area contributed by atoms with Gasteiger partial charge in [-0.15, -0.1) is 0 Å². The lowest BCUT2D eigenvalue weighted by Gasteiger charge is -2.31. The van der Waals surface area contributed by atoms with Crippen molar-refractivity contribution in [1.82, 2.24) is 9.97 Å². The largest absolute Gasteiger partial charge is 0.369 e. The maximum absolute atomic E-state index is 11.0. The number of hydrogen-bond donors (Lipinski definition) is 1. The lowest BCUT2D eigenvalue weighted by atomic mass is 9.96. The zero-order valence-corrected chi connectivity index (χ0v) is 9.33. The van der Waals surface area contributed by atoms with Crippen LogP contribution in [0.25, 0.3) is 0 Å². The molecular formula is C11H13N5O. The Morgan fingerprint density at radius 3 is 2.59 bits per heavy atom. The third-order valence-electron chi connectivity index (χ3n) is 2.97. The maximum Gasteiger partial charge on any atom is 0.220 e. The van der Waals surface area contributed by atoms with E-state index in [0.29, 0.717) is 5.69 Å². The third-order valence-corrected chi connectivity index (χ3v) is 2.97. The van der Waals surface area contributed by atoms with Crippen LogP contribution in [0.15, 0.2) is 12.4 Å². The van der Waals surface area contributed by atoms with Crippen LogP contribution in [-0.2, 0) is 4.79 Å². The van der Waals surface area contributed by atoms with E-state index in [-0.39, 0.29) is 11.8 Å². The number of primary amides is 1. The summed E-state index contributed by atoms with van der Waals surface area (Å²) in [5, 5.41) is 8.62. The molecule has 1 aromatic rings. The van der Waals surface area contributed by atoms with Crippen molar-refractivity contribution in [2.45, 2.75) is 12.8 Å². The first kappa shape index (κ1) is 11.3. The molecule has 1 saturated heterocycles. The van der Waals surface area contributed by atoms with Gasteiger partial charge in [0.15, 0.2) is 5.69 Å². The summed E-state index contributed by atoms with van der Waals surface area (Å²) >= 11 is 0. The Hall–Kier alpha value is -2.16. The van der Waals surface area contributed by atoms with Gasteiger partial charge in [0.25, 0.3) is 0 Å². The molecule has 0 atom stereocenters. The molecule has 0 spiro atoms. The average Bonchev–Trinajstić information content (AvgIpc) is 2.39. The molecule has 1 amide bonds. The number of nitrogens with zero attached hydrogens (tertiary/aromatic N) is 4. The van der Waals surface area contributed by atoms with E-state index in [4.69, 9.17) is 11.0 Å². The monoisotopic (exact) mass is 231 g/mol. The van der Waals surface area contributed by atoms with E-state index in [1.807, 2.05) is 11.0 Å². The SMILES string of the molecule is N#Cc1cnc(N2CCC(C(N)=O)CC2)cn1. The number of carbonyl (C=O) groups is 1. The van der Waals surface area contributed by atoms with Crippen molar-refractivity contribution in [3.05, 3.63) is 18.1 Å². The van der Waals surface area contributed by atoms with Crippen LogP contribution in [0.5, 0.6) is 0 Å². The summed E-state index contributed by atoms with van der Waals surface area (Å²) in [6.45, 7) is 1.49. The second-order valence-corrected chi connectivity index (χ2v) is 4.04. The minimum atomic E-state index is -0.226. The molecule has 1 fully saturated rings. The molecule has 2 rings (SSSR count). The molecule has 0 aliphatic carbocycles. The molecular weight excluding hydrogens is 218 g/mol. The third kappa shape index (κ3) is 2.50. The van der Waals surface area contributed by atoms with Crippen LogP contribution in [0.1, 0.15) is 18.5 Å². The number of anilines is 1. The minimum Gasteiger partial charge on any atom is -0.369 e. The molecule has 88 valence electrons. The second kappa shape index (κ2) is 4.78. The molecule has 2 N–H and O–H groups in total. The molecule has 17 heavy (non-hydrogen) atoms. The van der Waals surface area contributed by atoms with Gasteiger partial charge in [-0.1, -0.05) is 0 Å². The summed E-state index contributed by atoms with van der Waals surface area (Å²) in [7, 11) is 0. The van der Waals surface area contributed by atoms with Crippen LogP contribution >= 0.6 is 0 Å². The average molecular weight is 231 g/mol. The van der Waals surface area contributed by atoms with Crippen molar-refractivity contribution < 1.29 is 4.79 Å². The Morgan fingerprint density at radius 1 is 1.41 bits per heavy atom. The number of nitrogens with two attached hydrogens (primary N) is 1. The molecule has 0 unspecified atom stereocenters. The standard InChI is InChI=1S/C11H13N5O/c12-5-9-6-15-10(7-14-9)16-3-1-8(2-4-16)11(13)17/h6-8H,1-4H2,(H2,13,17). The number of hydrogen-bond acceptors (Lipinski definition) is 5. The quantitative estimate of drug-likeness (QED) is 0.775. The van der Waals surface area contributed by atoms with Crippen LogP contribution in [-0.4, -0.2) is 29.0 Å². The Morgan fingerprint density at radius 2 is 2.12 bits per heavy atom. The number of rotatable bonds is 2. The fourth-order valence-electron chi connectivity index (χ4n) is 1.94. The van der Waals surface area contributed by atoms with Crippen LogP contribution < -0.4 is 10.6 Å². The number of aromatic nitrogens is 2. The Bertz CT molecular complexity index is 442. The summed E-state index contributed by atoms with van der Waals surface area (Å²) in [4.78, 5) is 21.2. The molecule has 1 aliphatic rings. The first-order chi connectivity index (χ1) is 8.20. The summed E-state index contributed by atoms with van der Waals surface area (Å²) in [5.41, 5.74) is 5.57. The van der Waals surface area contributed by atoms with E-state index < -0.39 is 0 Å². The summed E-state index contributed by atoms with van der Waals surface area (Å²) in [5.74, 6) is 0.486. The van der Waals surface area contributed by atoms with E-state index in [0.717, 1.165) is 31.7 Å². The summed E-state index contributed by atoms with van der Waals surface area (Å²) in [6, 6.07) is 1.93. The van der Waals surface area contributed by atoms with Gasteiger partial charge in [0.05, 0.1) is 12.4 Å². The van der Waals surface area contributed by atoms with Crippen molar-refractivity contribution in [1.29, 1.82) is 5.26 Å². The van der Waals surface area contributed by atoms with Gasteiger partial charge in [-0.05, 0) is 12.8 Å². The molecule has 6 nitrogen and oxygen atoms in total. The van der Waals surface area contributed by atoms with Crippen LogP contribution in [0.3, 0.4) is 0 Å². The molecule has 2 heterocycles. The predicted molar refractivity (Wildman–Crippen MR) is 60.9 cm³/mol. The fraction of sp³-hybridized carbons (Fsp3) is 0.455. The number of nitriles is 1. The zero-order chi connectivity index (χ0) is 12.3. The van der Waals surface area contributed by atoms with Gasteiger partial charge >= 0.3 is 0 Å². The summed E-state index contributed by atoms with van der Waals surface area (Å²) < 4.78 is 0. The van der Waals surface area contributed by atoms with Gasteiger partial charge in [0.1, 0.15) is 11.9 Å². The summed E-state index contributed by atoms with van der Waals surface area (Å²) in [6.07, 6.45) is 4.53. The maximum atomic E-state index is 11.0. The molecule has 0 aromatic carbocycles. The van der Waals surface area contributed by atoms with Gasteiger partial charge in [-0.25, -0.2) is 9.97 Å². The molecule has 1 aliphatic heterocycles. The van der Waals surface area contributed by atoms with E-state index in [2.05, 4.69) is 9.97 Å². The van der Waals surface area contributed by atoms with Crippen molar-refractivity contribution >= 4 is 11.7 Å². The van der Waals surface area contributed by atoms with E-state index >= 15 is 0 Å². The highest BCUT2D eigenvalue weighted by molar-refractivity contribution is 5.76. The van der Waals surface area contributed by atoms with Gasteiger partial charge < -0.3 is 10.6 Å². The zero-order valence-electron chi connectivity index (χ0n) is 9.33.